The van der Waals surface area contributed by atoms with Crippen molar-refractivity contribution in [1.82, 2.24) is 10.3 Å². The van der Waals surface area contributed by atoms with Crippen LogP contribution in [0.4, 0.5) is 10.2 Å². The van der Waals surface area contributed by atoms with Gasteiger partial charge >= 0.3 is 5.97 Å². The van der Waals surface area contributed by atoms with E-state index in [1.165, 1.54) is 25.3 Å². The molecule has 5 aromatic rings. The van der Waals surface area contributed by atoms with Crippen LogP contribution in [-0.4, -0.2) is 44.3 Å². The summed E-state index contributed by atoms with van der Waals surface area (Å²) in [6, 6.07) is 32.7. The Bertz CT molecular complexity index is 2040. The van der Waals surface area contributed by atoms with Crippen LogP contribution >= 0.6 is 0 Å². The number of benzene rings is 4. The van der Waals surface area contributed by atoms with E-state index in [0.717, 1.165) is 71.7 Å². The Morgan fingerprint density at radius 3 is 2.37 bits per heavy atom. The normalized spacial score (nSPS) is 13.2. The highest BCUT2D eigenvalue weighted by Gasteiger charge is 2.22. The first-order chi connectivity index (χ1) is 24.9. The van der Waals surface area contributed by atoms with E-state index in [4.69, 9.17) is 14.5 Å². The van der Waals surface area contributed by atoms with Crippen molar-refractivity contribution in [2.45, 2.75) is 32.0 Å². The van der Waals surface area contributed by atoms with Crippen LogP contribution in [0.3, 0.4) is 0 Å². The maximum Gasteiger partial charge on any atom is 0.330 e. The number of hydrogen-bond donors (Lipinski definition) is 1. The van der Waals surface area contributed by atoms with E-state index in [1.54, 1.807) is 19.3 Å². The number of methoxy groups -OCH3 is 2. The minimum atomic E-state index is -0.569. The number of anilines is 1. The summed E-state index contributed by atoms with van der Waals surface area (Å²) >= 11 is 0. The summed E-state index contributed by atoms with van der Waals surface area (Å²) in [6.45, 7) is 2.73. The van der Waals surface area contributed by atoms with E-state index in [9.17, 15) is 14.4 Å². The molecule has 9 heteroatoms. The van der Waals surface area contributed by atoms with Crippen molar-refractivity contribution in [2.24, 2.45) is 0 Å². The summed E-state index contributed by atoms with van der Waals surface area (Å²) in [5.41, 5.74) is 6.22. The summed E-state index contributed by atoms with van der Waals surface area (Å²) in [4.78, 5) is 18.5. The highest BCUT2D eigenvalue weighted by molar-refractivity contribution is 5.87. The molecule has 8 nitrogen and oxygen atoms in total. The van der Waals surface area contributed by atoms with Gasteiger partial charge in [0.05, 0.1) is 19.8 Å². The molecule has 1 N–H and O–H groups in total. The number of piperidine rings is 1. The summed E-state index contributed by atoms with van der Waals surface area (Å²) in [5.74, 6) is 1.04. The van der Waals surface area contributed by atoms with Crippen LogP contribution in [0.2, 0.25) is 0 Å². The first kappa shape index (κ1) is 34.9. The predicted octanol–water partition coefficient (Wildman–Crippen LogP) is 7.96. The minimum Gasteiger partial charge on any atom is -0.493 e. The van der Waals surface area contributed by atoms with E-state index in [0.29, 0.717) is 29.7 Å². The molecule has 1 aliphatic heterocycles. The number of halogens is 1. The van der Waals surface area contributed by atoms with Gasteiger partial charge in [-0.2, -0.15) is 5.26 Å². The average Bonchev–Trinajstić information content (AvgIpc) is 3.19. The number of esters is 1. The van der Waals surface area contributed by atoms with Crippen molar-refractivity contribution in [1.29, 1.82) is 5.26 Å². The number of pyridine rings is 1. The van der Waals surface area contributed by atoms with Gasteiger partial charge < -0.3 is 24.4 Å². The predicted molar refractivity (Wildman–Crippen MR) is 197 cm³/mol. The fraction of sp³-hybridized carbons (Fsp3) is 0.214. The van der Waals surface area contributed by atoms with E-state index in [2.05, 4.69) is 27.1 Å². The third kappa shape index (κ3) is 8.79. The van der Waals surface area contributed by atoms with E-state index in [-0.39, 0.29) is 11.5 Å². The van der Waals surface area contributed by atoms with Crippen molar-refractivity contribution >= 4 is 17.9 Å². The smallest absolute Gasteiger partial charge is 0.330 e. The molecule has 1 aliphatic rings. The van der Waals surface area contributed by atoms with Crippen LogP contribution in [0.15, 0.2) is 109 Å². The lowest BCUT2D eigenvalue weighted by Gasteiger charge is -2.33. The Hall–Kier alpha value is -5.98. The molecule has 4 aromatic carbocycles. The van der Waals surface area contributed by atoms with Gasteiger partial charge in [0.1, 0.15) is 24.3 Å². The SMILES string of the molecule is COC(=O)/C=C/c1ccc(CNC2CCN(c3cc(-c4ccc(C#N)c(F)c4)c(-c4ccc(OC)c(OCc5ccccc5)c4)cn3)CC2)cc1. The Balaban J connectivity index is 1.19. The number of aromatic nitrogens is 1. The number of nitrogens with one attached hydrogen (secondary N) is 1. The Kier molecular flexibility index (Phi) is 11.4. The van der Waals surface area contributed by atoms with Gasteiger partial charge in [-0.25, -0.2) is 14.2 Å². The molecule has 1 saturated heterocycles. The summed E-state index contributed by atoms with van der Waals surface area (Å²) in [7, 11) is 2.97. The molecular weight excluding hydrogens is 643 g/mol. The van der Waals surface area contributed by atoms with Gasteiger partial charge in [0.15, 0.2) is 11.5 Å². The fourth-order valence-corrected chi connectivity index (χ4v) is 6.11. The zero-order valence-electron chi connectivity index (χ0n) is 28.6. The highest BCUT2D eigenvalue weighted by atomic mass is 19.1. The van der Waals surface area contributed by atoms with Gasteiger partial charge in [-0.05, 0) is 82.6 Å². The van der Waals surface area contributed by atoms with Gasteiger partial charge in [-0.15, -0.1) is 0 Å². The second kappa shape index (κ2) is 16.6. The standard InChI is InChI=1S/C42H39FN4O4/c1-49-39-16-15-33(23-40(39)51-28-31-6-4-3-5-7-31)37-27-46-41(24-36(37)32-13-14-34(25-44)38(43)22-32)47-20-18-35(19-21-47)45-26-30-10-8-29(9-11-30)12-17-42(48)50-2/h3-17,22-24,27,35,45H,18-21,26,28H2,1-2H3/b17-12+. The highest BCUT2D eigenvalue weighted by Crippen LogP contribution is 2.39. The second-order valence-electron chi connectivity index (χ2n) is 12.3. The Morgan fingerprint density at radius 2 is 1.67 bits per heavy atom. The summed E-state index contributed by atoms with van der Waals surface area (Å²) in [6.07, 6.45) is 6.85. The maximum atomic E-state index is 15.0. The molecule has 1 aromatic heterocycles. The molecule has 2 heterocycles. The number of carbonyl (C=O) groups excluding carboxylic acids is 1. The van der Waals surface area contributed by atoms with Gasteiger partial charge in [0.2, 0.25) is 0 Å². The number of nitriles is 1. The van der Waals surface area contributed by atoms with E-state index >= 15 is 0 Å². The van der Waals surface area contributed by atoms with Gasteiger partial charge in [-0.1, -0.05) is 66.7 Å². The fourth-order valence-electron chi connectivity index (χ4n) is 6.11. The third-order valence-electron chi connectivity index (χ3n) is 9.01. The van der Waals surface area contributed by atoms with E-state index < -0.39 is 5.82 Å². The molecule has 0 saturated carbocycles. The van der Waals surface area contributed by atoms with Crippen molar-refractivity contribution < 1.29 is 23.4 Å². The largest absolute Gasteiger partial charge is 0.493 e. The maximum absolute atomic E-state index is 15.0. The number of hydrogen-bond acceptors (Lipinski definition) is 8. The average molecular weight is 683 g/mol. The van der Waals surface area contributed by atoms with Crippen molar-refractivity contribution in [3.8, 4) is 39.8 Å². The number of nitrogens with zero attached hydrogens (tertiary/aromatic N) is 3. The lowest BCUT2D eigenvalue weighted by atomic mass is 9.94. The van der Waals surface area contributed by atoms with Crippen LogP contribution < -0.4 is 19.7 Å². The third-order valence-corrected chi connectivity index (χ3v) is 9.01. The Morgan fingerprint density at radius 1 is 0.922 bits per heavy atom. The Labute approximate surface area is 297 Å². The minimum absolute atomic E-state index is 0.00320. The van der Waals surface area contributed by atoms with Gasteiger partial charge in [0.25, 0.3) is 0 Å². The summed E-state index contributed by atoms with van der Waals surface area (Å²) < 4.78 is 31.4. The van der Waals surface area contributed by atoms with Crippen LogP contribution in [0.25, 0.3) is 28.3 Å². The number of ether oxygens (including phenoxy) is 3. The van der Waals surface area contributed by atoms with Gasteiger partial charge in [0, 0.05) is 43.5 Å². The van der Waals surface area contributed by atoms with Crippen LogP contribution in [0.5, 0.6) is 11.5 Å². The number of rotatable bonds is 12. The zero-order valence-corrected chi connectivity index (χ0v) is 28.6. The molecule has 0 spiro atoms. The molecule has 0 bridgehead atoms. The molecule has 1 fully saturated rings. The molecule has 0 amide bonds. The van der Waals surface area contributed by atoms with Crippen molar-refractivity contribution in [3.05, 3.63) is 137 Å². The zero-order chi connectivity index (χ0) is 35.6. The van der Waals surface area contributed by atoms with E-state index in [1.807, 2.05) is 79.0 Å². The van der Waals surface area contributed by atoms with Crippen LogP contribution in [0.1, 0.15) is 35.1 Å². The topological polar surface area (TPSA) is 96.7 Å². The summed E-state index contributed by atoms with van der Waals surface area (Å²) in [5, 5.41) is 13.0. The monoisotopic (exact) mass is 682 g/mol. The molecule has 0 radical (unpaired) electrons. The van der Waals surface area contributed by atoms with Crippen molar-refractivity contribution in [2.75, 3.05) is 32.2 Å². The number of carbonyl (C=O) groups is 1. The lowest BCUT2D eigenvalue weighted by molar-refractivity contribution is -0.134. The molecule has 51 heavy (non-hydrogen) atoms. The quantitative estimate of drug-likeness (QED) is 0.105. The van der Waals surface area contributed by atoms with Crippen LogP contribution in [0, 0.1) is 17.1 Å². The molecular formula is C42H39FN4O4. The molecule has 0 aliphatic carbocycles. The molecule has 0 unspecified atom stereocenters. The molecule has 258 valence electrons. The first-order valence-electron chi connectivity index (χ1n) is 16.8. The van der Waals surface area contributed by atoms with Crippen LogP contribution in [-0.2, 0) is 22.7 Å². The molecule has 0 atom stereocenters. The van der Waals surface area contributed by atoms with Gasteiger partial charge in [-0.3, -0.25) is 0 Å². The second-order valence-corrected chi connectivity index (χ2v) is 12.3. The molecule has 6 rings (SSSR count). The van der Waals surface area contributed by atoms with Crippen molar-refractivity contribution in [3.63, 3.8) is 0 Å². The first-order valence-corrected chi connectivity index (χ1v) is 16.8. The lowest BCUT2D eigenvalue weighted by Crippen LogP contribution is -2.42.